The van der Waals surface area contributed by atoms with Gasteiger partial charge in [0.15, 0.2) is 0 Å². The highest BCUT2D eigenvalue weighted by molar-refractivity contribution is 5.91. The largest absolute Gasteiger partial charge is 0.369 e. The average Bonchev–Trinajstić information content (AvgIpc) is 2.85. The fraction of sp³-hybridized carbons (Fsp3) is 0.333. The third-order valence-corrected chi connectivity index (χ3v) is 5.51. The van der Waals surface area contributed by atoms with Crippen LogP contribution < -0.4 is 9.80 Å². The molecule has 0 aromatic heterocycles. The molecule has 2 aliphatic rings. The van der Waals surface area contributed by atoms with Gasteiger partial charge in [0, 0.05) is 49.7 Å². The first-order chi connectivity index (χ1) is 15.7. The lowest BCUT2D eigenvalue weighted by Crippen LogP contribution is -2.47. The van der Waals surface area contributed by atoms with Crippen LogP contribution in [0.25, 0.3) is 0 Å². The number of benzene rings is 2. The van der Waals surface area contributed by atoms with Crippen LogP contribution in [0.5, 0.6) is 0 Å². The number of para-hydroxylation sites is 2. The van der Waals surface area contributed by atoms with Gasteiger partial charge in [-0.2, -0.15) is 0 Å². The Balaban J connectivity index is 1.15. The number of piperazine rings is 2. The Labute approximate surface area is 188 Å². The van der Waals surface area contributed by atoms with Crippen molar-refractivity contribution in [2.75, 3.05) is 62.2 Å². The van der Waals surface area contributed by atoms with Crippen molar-refractivity contribution in [2.45, 2.75) is 0 Å². The van der Waals surface area contributed by atoms with Crippen molar-refractivity contribution in [3.8, 4) is 0 Å². The lowest BCUT2D eigenvalue weighted by molar-refractivity contribution is -0.188. The molecule has 8 nitrogen and oxygen atoms in total. The third-order valence-electron chi connectivity index (χ3n) is 5.51. The van der Waals surface area contributed by atoms with Crippen molar-refractivity contribution in [1.82, 2.24) is 10.1 Å². The van der Waals surface area contributed by atoms with Gasteiger partial charge in [-0.25, -0.2) is 9.59 Å². The number of hydrogen-bond acceptors (Lipinski definition) is 8. The zero-order valence-electron chi connectivity index (χ0n) is 18.0. The van der Waals surface area contributed by atoms with Crippen molar-refractivity contribution in [3.63, 3.8) is 0 Å². The van der Waals surface area contributed by atoms with E-state index in [0.717, 1.165) is 49.7 Å². The van der Waals surface area contributed by atoms with Crippen LogP contribution in [0.1, 0.15) is 0 Å². The molecule has 2 saturated heterocycles. The van der Waals surface area contributed by atoms with Gasteiger partial charge in [0.25, 0.3) is 0 Å². The highest BCUT2D eigenvalue weighted by Crippen LogP contribution is 2.16. The number of carbonyl (C=O) groups is 2. The van der Waals surface area contributed by atoms with Gasteiger partial charge < -0.3 is 19.5 Å². The molecule has 0 radical (unpaired) electrons. The first-order valence-corrected chi connectivity index (χ1v) is 10.9. The number of rotatable bonds is 6. The minimum absolute atomic E-state index is 0.580. The summed E-state index contributed by atoms with van der Waals surface area (Å²) < 4.78 is 0. The molecule has 2 aromatic carbocycles. The minimum atomic E-state index is -0.580. The van der Waals surface area contributed by atoms with Crippen molar-refractivity contribution in [2.24, 2.45) is 0 Å². The zero-order chi connectivity index (χ0) is 22.2. The van der Waals surface area contributed by atoms with Crippen LogP contribution in [0.2, 0.25) is 0 Å². The SMILES string of the molecule is O=C(/C=C\C(=O)ON1CCN(c2ccccc2)CC1)ON1CCN(c2ccccc2)CC1. The van der Waals surface area contributed by atoms with Crippen LogP contribution in [-0.2, 0) is 19.3 Å². The van der Waals surface area contributed by atoms with Crippen LogP contribution >= 0.6 is 0 Å². The van der Waals surface area contributed by atoms with Gasteiger partial charge in [-0.1, -0.05) is 36.4 Å². The van der Waals surface area contributed by atoms with Crippen LogP contribution in [0.3, 0.4) is 0 Å². The average molecular weight is 437 g/mol. The standard InChI is InChI=1S/C24H28N4O4/c29-23(31-27-17-13-25(14-18-27)21-7-3-1-4-8-21)11-12-24(30)32-28-19-15-26(16-20-28)22-9-5-2-6-10-22/h1-12H,13-20H2/b12-11-. The zero-order valence-corrected chi connectivity index (χ0v) is 18.0. The molecule has 0 aliphatic carbocycles. The third kappa shape index (κ3) is 6.09. The van der Waals surface area contributed by atoms with E-state index in [1.807, 2.05) is 36.4 Å². The first kappa shape index (κ1) is 21.9. The van der Waals surface area contributed by atoms with E-state index in [1.165, 1.54) is 0 Å². The monoisotopic (exact) mass is 436 g/mol. The number of hydroxylamine groups is 4. The quantitative estimate of drug-likeness (QED) is 0.638. The second-order valence-electron chi connectivity index (χ2n) is 7.66. The summed E-state index contributed by atoms with van der Waals surface area (Å²) in [6, 6.07) is 20.3. The molecular weight excluding hydrogens is 408 g/mol. The van der Waals surface area contributed by atoms with Crippen molar-refractivity contribution >= 4 is 23.3 Å². The summed E-state index contributed by atoms with van der Waals surface area (Å²) in [6.45, 7) is 5.45. The predicted octanol–water partition coefficient (Wildman–Crippen LogP) is 2.10. The van der Waals surface area contributed by atoms with Gasteiger partial charge in [0.05, 0.1) is 26.2 Å². The number of hydrogen-bond donors (Lipinski definition) is 0. The molecule has 0 spiro atoms. The smallest absolute Gasteiger partial charge is 0.349 e. The van der Waals surface area contributed by atoms with Gasteiger partial charge in [-0.15, -0.1) is 10.1 Å². The van der Waals surface area contributed by atoms with Crippen LogP contribution in [0.4, 0.5) is 11.4 Å². The summed E-state index contributed by atoms with van der Waals surface area (Å²) >= 11 is 0. The number of anilines is 2. The molecule has 2 heterocycles. The Morgan fingerprint density at radius 1 is 0.562 bits per heavy atom. The van der Waals surface area contributed by atoms with E-state index in [1.54, 1.807) is 10.1 Å². The summed E-state index contributed by atoms with van der Waals surface area (Å²) in [4.78, 5) is 39.3. The van der Waals surface area contributed by atoms with Crippen molar-refractivity contribution in [3.05, 3.63) is 72.8 Å². The molecule has 2 aliphatic heterocycles. The summed E-state index contributed by atoms with van der Waals surface area (Å²) in [6.07, 6.45) is 2.23. The maximum absolute atomic E-state index is 12.1. The molecule has 0 bridgehead atoms. The summed E-state index contributed by atoms with van der Waals surface area (Å²) in [7, 11) is 0. The van der Waals surface area contributed by atoms with Gasteiger partial charge in [-0.05, 0) is 24.3 Å². The molecule has 2 fully saturated rings. The predicted molar refractivity (Wildman–Crippen MR) is 122 cm³/mol. The maximum Gasteiger partial charge on any atom is 0.349 e. The van der Waals surface area contributed by atoms with Crippen LogP contribution in [-0.4, -0.2) is 74.4 Å². The molecule has 4 rings (SSSR count). The molecule has 0 N–H and O–H groups in total. The minimum Gasteiger partial charge on any atom is -0.369 e. The molecule has 0 amide bonds. The Bertz CT molecular complexity index is 831. The van der Waals surface area contributed by atoms with Gasteiger partial charge >= 0.3 is 11.9 Å². The van der Waals surface area contributed by atoms with Crippen LogP contribution in [0, 0.1) is 0 Å². The normalized spacial score (nSPS) is 18.0. The second kappa shape index (κ2) is 10.8. The second-order valence-corrected chi connectivity index (χ2v) is 7.66. The highest BCUT2D eigenvalue weighted by Gasteiger charge is 2.21. The van der Waals surface area contributed by atoms with E-state index < -0.39 is 11.9 Å². The fourth-order valence-electron chi connectivity index (χ4n) is 3.80. The Morgan fingerprint density at radius 3 is 1.25 bits per heavy atom. The number of nitrogens with zero attached hydrogens (tertiary/aromatic N) is 4. The Hall–Kier alpha value is -3.36. The van der Waals surface area contributed by atoms with Crippen molar-refractivity contribution < 1.29 is 19.3 Å². The topological polar surface area (TPSA) is 65.6 Å². The van der Waals surface area contributed by atoms with Crippen molar-refractivity contribution in [1.29, 1.82) is 0 Å². The lowest BCUT2D eigenvalue weighted by Gasteiger charge is -2.34. The summed E-state index contributed by atoms with van der Waals surface area (Å²) in [5, 5.41) is 3.25. The molecule has 32 heavy (non-hydrogen) atoms. The van der Waals surface area contributed by atoms with E-state index in [4.69, 9.17) is 9.68 Å². The Morgan fingerprint density at radius 2 is 0.906 bits per heavy atom. The molecule has 168 valence electrons. The van der Waals surface area contributed by atoms with Crippen LogP contribution in [0.15, 0.2) is 72.8 Å². The molecule has 0 unspecified atom stereocenters. The Kier molecular flexibility index (Phi) is 7.37. The van der Waals surface area contributed by atoms with E-state index in [9.17, 15) is 9.59 Å². The van der Waals surface area contributed by atoms with E-state index in [-0.39, 0.29) is 0 Å². The van der Waals surface area contributed by atoms with Gasteiger partial charge in [0.2, 0.25) is 0 Å². The van der Waals surface area contributed by atoms with E-state index in [2.05, 4.69) is 34.1 Å². The lowest BCUT2D eigenvalue weighted by atomic mass is 10.2. The maximum atomic E-state index is 12.1. The number of carbonyl (C=O) groups excluding carboxylic acids is 2. The summed E-state index contributed by atoms with van der Waals surface area (Å²) in [5.41, 5.74) is 2.32. The van der Waals surface area contributed by atoms with Gasteiger partial charge in [-0.3, -0.25) is 0 Å². The molecular formula is C24H28N4O4. The summed E-state index contributed by atoms with van der Waals surface area (Å²) in [5.74, 6) is -1.16. The van der Waals surface area contributed by atoms with E-state index >= 15 is 0 Å². The molecule has 0 saturated carbocycles. The molecule has 0 atom stereocenters. The van der Waals surface area contributed by atoms with Gasteiger partial charge in [0.1, 0.15) is 0 Å². The first-order valence-electron chi connectivity index (χ1n) is 10.9. The fourth-order valence-corrected chi connectivity index (χ4v) is 3.80. The molecule has 2 aromatic rings. The highest BCUT2D eigenvalue weighted by atomic mass is 16.7. The van der Waals surface area contributed by atoms with E-state index in [0.29, 0.717) is 26.2 Å². The molecule has 8 heteroatoms.